The van der Waals surface area contributed by atoms with Crippen molar-refractivity contribution >= 4 is 33.2 Å². The van der Waals surface area contributed by atoms with E-state index in [1.165, 1.54) is 18.2 Å². The van der Waals surface area contributed by atoms with E-state index >= 15 is 0 Å². The molecule has 0 aliphatic carbocycles. The summed E-state index contributed by atoms with van der Waals surface area (Å²) >= 11 is 5.38. The molecule has 1 aromatic rings. The Labute approximate surface area is 105 Å². The molecule has 3 N–H and O–H groups in total. The topological polar surface area (TPSA) is 89.3 Å². The average molecular weight is 277 g/mol. The van der Waals surface area contributed by atoms with Crippen LogP contribution in [0.25, 0.3) is 0 Å². The number of amides is 1. The van der Waals surface area contributed by atoms with Crippen LogP contribution < -0.4 is 10.5 Å². The second kappa shape index (κ2) is 5.37. The number of hydrogen-bond acceptors (Lipinski definition) is 3. The zero-order valence-electron chi connectivity index (χ0n) is 9.23. The lowest BCUT2D eigenvalue weighted by molar-refractivity contribution is 0.1000. The molecule has 0 aliphatic heterocycles. The normalized spacial score (nSPS) is 11.2. The first-order valence-electron chi connectivity index (χ1n) is 4.82. The molecule has 1 rings (SSSR count). The third kappa shape index (κ3) is 3.90. The number of nitrogens with one attached hydrogen (secondary N) is 1. The Hall–Kier alpha value is -1.27. The van der Waals surface area contributed by atoms with Crippen LogP contribution >= 0.6 is 11.6 Å². The highest BCUT2D eigenvalue weighted by molar-refractivity contribution is 7.92. The molecular formula is C10H13ClN2O3S. The first-order chi connectivity index (χ1) is 7.85. The summed E-state index contributed by atoms with van der Waals surface area (Å²) in [5.41, 5.74) is 6.49. The largest absolute Gasteiger partial charge is 0.366 e. The Morgan fingerprint density at radius 2 is 2.12 bits per heavy atom. The molecule has 0 aromatic heterocycles. The van der Waals surface area contributed by atoms with Gasteiger partial charge in [-0.15, -0.1) is 11.6 Å². The number of carbonyl (C=O) groups is 1. The summed E-state index contributed by atoms with van der Waals surface area (Å²) in [4.78, 5) is 10.9. The van der Waals surface area contributed by atoms with Crippen molar-refractivity contribution in [2.24, 2.45) is 5.73 Å². The van der Waals surface area contributed by atoms with Gasteiger partial charge in [-0.2, -0.15) is 0 Å². The van der Waals surface area contributed by atoms with E-state index in [0.29, 0.717) is 16.8 Å². The van der Waals surface area contributed by atoms with E-state index in [4.69, 9.17) is 17.3 Å². The van der Waals surface area contributed by atoms with Crippen LogP contribution in [-0.2, 0) is 10.0 Å². The predicted octanol–water partition coefficient (Wildman–Crippen LogP) is 1.07. The van der Waals surface area contributed by atoms with Gasteiger partial charge in [0.05, 0.1) is 11.4 Å². The first kappa shape index (κ1) is 13.8. The van der Waals surface area contributed by atoms with Crippen molar-refractivity contribution < 1.29 is 13.2 Å². The molecule has 0 spiro atoms. The minimum Gasteiger partial charge on any atom is -0.366 e. The fourth-order valence-electron chi connectivity index (χ4n) is 1.25. The van der Waals surface area contributed by atoms with Crippen LogP contribution in [0.2, 0.25) is 0 Å². The maximum Gasteiger partial charge on any atom is 0.248 e. The smallest absolute Gasteiger partial charge is 0.248 e. The number of carbonyl (C=O) groups excluding carboxylic acids is 1. The van der Waals surface area contributed by atoms with Crippen molar-refractivity contribution in [3.63, 3.8) is 0 Å². The molecule has 0 saturated heterocycles. The quantitative estimate of drug-likeness (QED) is 0.789. The van der Waals surface area contributed by atoms with Crippen LogP contribution in [0, 0.1) is 6.92 Å². The highest BCUT2D eigenvalue weighted by atomic mass is 35.5. The van der Waals surface area contributed by atoms with E-state index in [1.807, 2.05) is 0 Å². The third-order valence-electron chi connectivity index (χ3n) is 2.12. The molecule has 7 heteroatoms. The molecule has 94 valence electrons. The zero-order chi connectivity index (χ0) is 13.1. The van der Waals surface area contributed by atoms with Gasteiger partial charge in [0.15, 0.2) is 0 Å². The van der Waals surface area contributed by atoms with Gasteiger partial charge in [-0.3, -0.25) is 9.52 Å². The number of halogens is 1. The Morgan fingerprint density at radius 1 is 1.47 bits per heavy atom. The molecular weight excluding hydrogens is 264 g/mol. The fraction of sp³-hybridized carbons (Fsp3) is 0.300. The summed E-state index contributed by atoms with van der Waals surface area (Å²) in [5.74, 6) is -0.692. The number of primary amides is 1. The van der Waals surface area contributed by atoms with Crippen molar-refractivity contribution in [2.75, 3.05) is 16.4 Å². The predicted molar refractivity (Wildman–Crippen MR) is 67.8 cm³/mol. The van der Waals surface area contributed by atoms with Gasteiger partial charge in [-0.25, -0.2) is 8.42 Å². The summed E-state index contributed by atoms with van der Waals surface area (Å²) in [6.45, 7) is 1.69. The number of aryl methyl sites for hydroxylation is 1. The van der Waals surface area contributed by atoms with Gasteiger partial charge in [-0.1, -0.05) is 0 Å². The molecule has 1 aromatic carbocycles. The number of sulfonamides is 1. The van der Waals surface area contributed by atoms with Gasteiger partial charge in [0.2, 0.25) is 15.9 Å². The van der Waals surface area contributed by atoms with Gasteiger partial charge in [0.25, 0.3) is 0 Å². The second-order valence-electron chi connectivity index (χ2n) is 3.50. The number of benzene rings is 1. The van der Waals surface area contributed by atoms with Crippen molar-refractivity contribution in [3.8, 4) is 0 Å². The lowest BCUT2D eigenvalue weighted by Crippen LogP contribution is -2.18. The maximum atomic E-state index is 11.5. The highest BCUT2D eigenvalue weighted by Crippen LogP contribution is 2.17. The van der Waals surface area contributed by atoms with E-state index in [0.717, 1.165) is 0 Å². The fourth-order valence-corrected chi connectivity index (χ4v) is 2.73. The monoisotopic (exact) mass is 276 g/mol. The van der Waals surface area contributed by atoms with Crippen LogP contribution in [0.3, 0.4) is 0 Å². The number of hydrogen-bond donors (Lipinski definition) is 2. The Morgan fingerprint density at radius 3 is 2.59 bits per heavy atom. The summed E-state index contributed by atoms with van der Waals surface area (Å²) < 4.78 is 25.4. The summed E-state index contributed by atoms with van der Waals surface area (Å²) in [7, 11) is -3.44. The van der Waals surface area contributed by atoms with Gasteiger partial charge in [0, 0.05) is 11.4 Å². The maximum absolute atomic E-state index is 11.5. The highest BCUT2D eigenvalue weighted by Gasteiger charge is 2.11. The van der Waals surface area contributed by atoms with Gasteiger partial charge in [-0.05, 0) is 30.7 Å². The molecule has 0 atom stereocenters. The standard InChI is InChI=1S/C10H13ClN2O3S/c1-7-6-8(10(12)14)2-3-9(7)13-17(15,16)5-4-11/h2-3,6,13H,4-5H2,1H3,(H2,12,14). The minimum absolute atomic E-state index is 0.0216. The van der Waals surface area contributed by atoms with E-state index in [-0.39, 0.29) is 11.6 Å². The Bertz CT molecular complexity index is 528. The van der Waals surface area contributed by atoms with E-state index in [9.17, 15) is 13.2 Å². The molecule has 0 unspecified atom stereocenters. The van der Waals surface area contributed by atoms with Crippen molar-refractivity contribution in [3.05, 3.63) is 29.3 Å². The van der Waals surface area contributed by atoms with Crippen molar-refractivity contribution in [2.45, 2.75) is 6.92 Å². The van der Waals surface area contributed by atoms with Crippen molar-refractivity contribution in [1.29, 1.82) is 0 Å². The summed E-state index contributed by atoms with van der Waals surface area (Å²) in [6.07, 6.45) is 0. The van der Waals surface area contributed by atoms with Crippen LogP contribution in [0.5, 0.6) is 0 Å². The van der Waals surface area contributed by atoms with Crippen LogP contribution in [0.15, 0.2) is 18.2 Å². The average Bonchev–Trinajstić information content (AvgIpc) is 2.20. The van der Waals surface area contributed by atoms with Crippen LogP contribution in [0.1, 0.15) is 15.9 Å². The van der Waals surface area contributed by atoms with E-state index in [1.54, 1.807) is 6.92 Å². The minimum atomic E-state index is -3.44. The van der Waals surface area contributed by atoms with Gasteiger partial charge in [0.1, 0.15) is 0 Å². The van der Waals surface area contributed by atoms with Crippen LogP contribution in [-0.4, -0.2) is 26.0 Å². The number of rotatable bonds is 5. The summed E-state index contributed by atoms with van der Waals surface area (Å²) in [5, 5.41) is 0. The SMILES string of the molecule is Cc1cc(C(N)=O)ccc1NS(=O)(=O)CCCl. The molecule has 0 heterocycles. The van der Waals surface area contributed by atoms with Crippen LogP contribution in [0.4, 0.5) is 5.69 Å². The van der Waals surface area contributed by atoms with Gasteiger partial charge < -0.3 is 5.73 Å². The third-order valence-corrected chi connectivity index (χ3v) is 3.81. The molecule has 17 heavy (non-hydrogen) atoms. The van der Waals surface area contributed by atoms with E-state index in [2.05, 4.69) is 4.72 Å². The van der Waals surface area contributed by atoms with Crippen molar-refractivity contribution in [1.82, 2.24) is 0 Å². The lowest BCUT2D eigenvalue weighted by Gasteiger charge is -2.10. The summed E-state index contributed by atoms with van der Waals surface area (Å²) in [6, 6.07) is 4.50. The number of alkyl halides is 1. The zero-order valence-corrected chi connectivity index (χ0v) is 10.8. The molecule has 5 nitrogen and oxygen atoms in total. The first-order valence-corrected chi connectivity index (χ1v) is 7.01. The molecule has 1 amide bonds. The molecule has 0 radical (unpaired) electrons. The number of anilines is 1. The molecule has 0 saturated carbocycles. The second-order valence-corrected chi connectivity index (χ2v) is 5.72. The Balaban J connectivity index is 2.98. The molecule has 0 fully saturated rings. The molecule has 0 bridgehead atoms. The Kier molecular flexibility index (Phi) is 4.36. The molecule has 0 aliphatic rings. The van der Waals surface area contributed by atoms with E-state index < -0.39 is 15.9 Å². The lowest BCUT2D eigenvalue weighted by atomic mass is 10.1. The number of nitrogens with two attached hydrogens (primary N) is 1. The van der Waals surface area contributed by atoms with Gasteiger partial charge >= 0.3 is 0 Å².